The monoisotopic (exact) mass is 271 g/mol. The van der Waals surface area contributed by atoms with Crippen molar-refractivity contribution in [1.29, 1.82) is 0 Å². The normalized spacial score (nSPS) is 31.1. The van der Waals surface area contributed by atoms with Crippen molar-refractivity contribution in [1.82, 2.24) is 4.98 Å². The lowest BCUT2D eigenvalue weighted by Gasteiger charge is -2.45. The lowest BCUT2D eigenvalue weighted by atomic mass is 9.64. The number of aromatic nitrogens is 1. The number of rotatable bonds is 2. The van der Waals surface area contributed by atoms with E-state index in [-0.39, 0.29) is 0 Å². The van der Waals surface area contributed by atoms with E-state index >= 15 is 0 Å². The first-order valence-corrected chi connectivity index (χ1v) is 7.80. The molecule has 20 heavy (non-hydrogen) atoms. The molecule has 0 saturated heterocycles. The number of hydrogen-bond acceptors (Lipinski definition) is 1. The van der Waals surface area contributed by atoms with Gasteiger partial charge in [-0.15, -0.1) is 0 Å². The number of hydrogen-bond donors (Lipinski definition) is 2. The Morgan fingerprint density at radius 2 is 2.05 bits per heavy atom. The van der Waals surface area contributed by atoms with Gasteiger partial charge in [-0.05, 0) is 59.7 Å². The molecule has 1 aliphatic carbocycles. The van der Waals surface area contributed by atoms with E-state index in [4.69, 9.17) is 0 Å². The highest BCUT2D eigenvalue weighted by Crippen LogP contribution is 2.47. The summed E-state index contributed by atoms with van der Waals surface area (Å²) in [6.45, 7) is 6.73. The fourth-order valence-corrected chi connectivity index (χ4v) is 4.03. The molecule has 1 heterocycles. The minimum absolute atomic E-state index is 0.357. The van der Waals surface area contributed by atoms with Crippen molar-refractivity contribution in [3.63, 3.8) is 0 Å². The molecule has 0 spiro atoms. The topological polar surface area (TPSA) is 36.0 Å². The van der Waals surface area contributed by atoms with Crippen molar-refractivity contribution in [3.8, 4) is 0 Å². The van der Waals surface area contributed by atoms with E-state index in [1.807, 2.05) is 6.20 Å². The Bertz CT molecular complexity index is 600. The quantitative estimate of drug-likeness (QED) is 0.832. The number of benzene rings is 1. The molecule has 2 nitrogen and oxygen atoms in total. The smallest absolute Gasteiger partial charge is 0.0929 e. The molecule has 3 unspecified atom stereocenters. The summed E-state index contributed by atoms with van der Waals surface area (Å²) in [6, 6.07) is 8.45. The van der Waals surface area contributed by atoms with Crippen LogP contribution in [0.4, 0.5) is 0 Å². The number of H-pyrrole nitrogens is 1. The average molecular weight is 271 g/mol. The maximum absolute atomic E-state index is 11.4. The number of aliphatic hydroxyl groups is 1. The molecule has 2 N–H and O–H groups in total. The van der Waals surface area contributed by atoms with Crippen molar-refractivity contribution in [3.05, 3.63) is 36.0 Å². The zero-order chi connectivity index (χ0) is 14.3. The molecule has 1 aliphatic rings. The lowest BCUT2D eigenvalue weighted by molar-refractivity contribution is -0.0864. The Balaban J connectivity index is 2.06. The predicted octanol–water partition coefficient (Wildman–Crippen LogP) is 4.45. The maximum Gasteiger partial charge on any atom is 0.0929 e. The average Bonchev–Trinajstić information content (AvgIpc) is 2.85. The third-order valence-electron chi connectivity index (χ3n) is 5.10. The molecule has 2 heteroatoms. The van der Waals surface area contributed by atoms with Crippen LogP contribution in [0.2, 0.25) is 0 Å². The summed E-state index contributed by atoms with van der Waals surface area (Å²) in [7, 11) is 0. The van der Waals surface area contributed by atoms with Crippen LogP contribution in [-0.4, -0.2) is 10.1 Å². The van der Waals surface area contributed by atoms with Gasteiger partial charge in [-0.25, -0.2) is 0 Å². The molecule has 1 aromatic carbocycles. The summed E-state index contributed by atoms with van der Waals surface area (Å²) in [6.07, 6.45) is 5.20. The van der Waals surface area contributed by atoms with E-state index in [2.05, 4.69) is 50.0 Å². The van der Waals surface area contributed by atoms with Gasteiger partial charge in [-0.3, -0.25) is 0 Å². The summed E-state index contributed by atoms with van der Waals surface area (Å²) in [5.74, 6) is 1.46. The van der Waals surface area contributed by atoms with Gasteiger partial charge in [0, 0.05) is 11.7 Å². The van der Waals surface area contributed by atoms with Crippen LogP contribution in [0.3, 0.4) is 0 Å². The van der Waals surface area contributed by atoms with Gasteiger partial charge in [-0.2, -0.15) is 0 Å². The molecular formula is C18H25NO. The first-order valence-electron chi connectivity index (χ1n) is 7.80. The van der Waals surface area contributed by atoms with Crippen molar-refractivity contribution in [2.75, 3.05) is 0 Å². The Morgan fingerprint density at radius 1 is 1.25 bits per heavy atom. The van der Waals surface area contributed by atoms with Crippen molar-refractivity contribution < 1.29 is 5.11 Å². The molecule has 108 valence electrons. The van der Waals surface area contributed by atoms with E-state index in [1.165, 1.54) is 11.8 Å². The van der Waals surface area contributed by atoms with Crippen LogP contribution in [0.1, 0.15) is 45.6 Å². The first-order chi connectivity index (χ1) is 9.50. The van der Waals surface area contributed by atoms with Crippen molar-refractivity contribution in [2.45, 2.75) is 45.6 Å². The Hall–Kier alpha value is -1.28. The summed E-state index contributed by atoms with van der Waals surface area (Å²) < 4.78 is 0. The third-order valence-corrected chi connectivity index (χ3v) is 5.10. The fourth-order valence-electron chi connectivity index (χ4n) is 4.03. The van der Waals surface area contributed by atoms with Gasteiger partial charge in [0.25, 0.3) is 0 Å². The molecule has 0 radical (unpaired) electrons. The van der Waals surface area contributed by atoms with Gasteiger partial charge in [0.05, 0.1) is 5.60 Å². The number of fused-ring (bicyclic) bond motifs is 1. The van der Waals surface area contributed by atoms with E-state index in [1.54, 1.807) is 0 Å². The number of aromatic amines is 1. The SMILES string of the molecule is CC1CCC(C(C)C)C(O)(c2ccc3[nH]ccc3c2)C1. The van der Waals surface area contributed by atoms with Gasteiger partial charge in [-0.1, -0.05) is 33.3 Å². The zero-order valence-electron chi connectivity index (χ0n) is 12.7. The highest BCUT2D eigenvalue weighted by atomic mass is 16.3. The minimum atomic E-state index is -0.669. The first kappa shape index (κ1) is 13.7. The van der Waals surface area contributed by atoms with Crippen LogP contribution >= 0.6 is 0 Å². The van der Waals surface area contributed by atoms with E-state index < -0.39 is 5.60 Å². The second kappa shape index (κ2) is 4.92. The van der Waals surface area contributed by atoms with Crippen LogP contribution in [0.15, 0.2) is 30.5 Å². The standard InChI is InChI=1S/C18H25NO/c1-12(2)16-6-4-13(3)11-18(16,20)15-5-7-17-14(10-15)8-9-19-17/h5,7-10,12-13,16,19-20H,4,6,11H2,1-3H3. The minimum Gasteiger partial charge on any atom is -0.385 e. The predicted molar refractivity (Wildman–Crippen MR) is 83.5 cm³/mol. The van der Waals surface area contributed by atoms with Crippen molar-refractivity contribution in [2.24, 2.45) is 17.8 Å². The van der Waals surface area contributed by atoms with E-state index in [0.717, 1.165) is 23.9 Å². The molecule has 3 rings (SSSR count). The summed E-state index contributed by atoms with van der Waals surface area (Å²) >= 11 is 0. The molecule has 0 amide bonds. The highest BCUT2D eigenvalue weighted by Gasteiger charge is 2.43. The van der Waals surface area contributed by atoms with Gasteiger partial charge < -0.3 is 10.1 Å². The second-order valence-corrected chi connectivity index (χ2v) is 6.94. The van der Waals surface area contributed by atoms with Crippen LogP contribution < -0.4 is 0 Å². The third kappa shape index (κ3) is 2.16. The maximum atomic E-state index is 11.4. The second-order valence-electron chi connectivity index (χ2n) is 6.94. The van der Waals surface area contributed by atoms with Crippen LogP contribution in [0.25, 0.3) is 10.9 Å². The highest BCUT2D eigenvalue weighted by molar-refractivity contribution is 5.80. The van der Waals surface area contributed by atoms with Crippen LogP contribution in [0, 0.1) is 17.8 Å². The van der Waals surface area contributed by atoms with E-state index in [9.17, 15) is 5.11 Å². The number of nitrogens with one attached hydrogen (secondary N) is 1. The zero-order valence-corrected chi connectivity index (χ0v) is 12.7. The van der Waals surface area contributed by atoms with Gasteiger partial charge in [0.15, 0.2) is 0 Å². The largest absolute Gasteiger partial charge is 0.385 e. The molecule has 3 atom stereocenters. The van der Waals surface area contributed by atoms with Gasteiger partial charge in [0.2, 0.25) is 0 Å². The Kier molecular flexibility index (Phi) is 3.37. The molecule has 1 aromatic heterocycles. The molecule has 1 fully saturated rings. The van der Waals surface area contributed by atoms with Crippen LogP contribution in [0.5, 0.6) is 0 Å². The fraction of sp³-hybridized carbons (Fsp3) is 0.556. The molecular weight excluding hydrogens is 246 g/mol. The van der Waals surface area contributed by atoms with Gasteiger partial charge >= 0.3 is 0 Å². The van der Waals surface area contributed by atoms with Gasteiger partial charge in [0.1, 0.15) is 0 Å². The van der Waals surface area contributed by atoms with Crippen molar-refractivity contribution >= 4 is 10.9 Å². The molecule has 1 saturated carbocycles. The summed E-state index contributed by atoms with van der Waals surface area (Å²) in [5.41, 5.74) is 1.56. The summed E-state index contributed by atoms with van der Waals surface area (Å²) in [4.78, 5) is 3.22. The van der Waals surface area contributed by atoms with E-state index in [0.29, 0.717) is 17.8 Å². The molecule has 0 aliphatic heterocycles. The van der Waals surface area contributed by atoms with Crippen LogP contribution in [-0.2, 0) is 5.60 Å². The lowest BCUT2D eigenvalue weighted by Crippen LogP contribution is -2.43. The Labute approximate surface area is 121 Å². The molecule has 0 bridgehead atoms. The Morgan fingerprint density at radius 3 is 2.80 bits per heavy atom. The summed E-state index contributed by atoms with van der Waals surface area (Å²) in [5, 5.41) is 12.6. The molecule has 2 aromatic rings.